The minimum Gasteiger partial charge on any atom is -0.506 e. The second-order valence-electron chi connectivity index (χ2n) is 16.8. The van der Waals surface area contributed by atoms with E-state index in [9.17, 15) is 24.6 Å². The van der Waals surface area contributed by atoms with Gasteiger partial charge in [0.25, 0.3) is 0 Å². The molecule has 0 aliphatic heterocycles. The highest BCUT2D eigenvalue weighted by Crippen LogP contribution is 2.41. The lowest BCUT2D eigenvalue weighted by molar-refractivity contribution is -0.169. The second kappa shape index (κ2) is 18.4. The van der Waals surface area contributed by atoms with Crippen molar-refractivity contribution in [3.8, 4) is 5.75 Å². The van der Waals surface area contributed by atoms with Crippen molar-refractivity contribution in [2.45, 2.75) is 108 Å². The Balaban J connectivity index is 1.00. The molecule has 1 aliphatic carbocycles. The largest absolute Gasteiger partial charge is 0.506 e. The third-order valence-electron chi connectivity index (χ3n) is 11.8. The Bertz CT molecular complexity index is 2150. The number of nitrogens with one attached hydrogen (secondary N) is 3. The van der Waals surface area contributed by atoms with Crippen LogP contribution >= 0.6 is 22.7 Å². The molecule has 5 N–H and O–H groups in total. The smallest absolute Gasteiger partial charge is 0.349 e. The molecule has 12 nitrogen and oxygen atoms in total. The number of aromatic hydroxyl groups is 1. The zero-order valence-corrected chi connectivity index (χ0v) is 36.9. The van der Waals surface area contributed by atoms with Crippen LogP contribution in [-0.4, -0.2) is 77.6 Å². The number of ether oxygens (including phenoxy) is 1. The molecule has 0 saturated heterocycles. The first-order valence-electron chi connectivity index (χ1n) is 20.0. The van der Waals surface area contributed by atoms with Crippen molar-refractivity contribution in [3.05, 3.63) is 103 Å². The van der Waals surface area contributed by atoms with Crippen molar-refractivity contribution in [3.63, 3.8) is 0 Å². The molecule has 1 amide bonds. The lowest BCUT2D eigenvalue weighted by atomic mass is 9.91. The number of carbonyl (C=O) groups excluding carboxylic acids is 2. The van der Waals surface area contributed by atoms with E-state index in [4.69, 9.17) is 9.16 Å². The van der Waals surface area contributed by atoms with Crippen molar-refractivity contribution in [1.29, 1.82) is 0 Å². The molecule has 1 atom stereocenters. The summed E-state index contributed by atoms with van der Waals surface area (Å²) in [6, 6.07) is 18.7. The molecule has 1 aliphatic rings. The number of carbonyl (C=O) groups is 2. The molecular formula is C43H57N5O7S2Si. The van der Waals surface area contributed by atoms with E-state index in [2.05, 4.69) is 61.4 Å². The number of hydrogen-bond donors (Lipinski definition) is 5. The summed E-state index contributed by atoms with van der Waals surface area (Å²) in [7, 11) is -0.0731. The Hall–Kier alpha value is -4.09. The first kappa shape index (κ1) is 43.5. The third-order valence-corrected chi connectivity index (χ3v) is 18.3. The van der Waals surface area contributed by atoms with Gasteiger partial charge in [-0.05, 0) is 122 Å². The topological polar surface area (TPSA) is 158 Å². The molecule has 3 aromatic heterocycles. The Morgan fingerprint density at radius 1 is 1.05 bits per heavy atom. The highest BCUT2D eigenvalue weighted by molar-refractivity contribution is 7.12. The van der Waals surface area contributed by atoms with Crippen LogP contribution in [-0.2, 0) is 37.4 Å². The summed E-state index contributed by atoms with van der Waals surface area (Å²) >= 11 is 2.69. The van der Waals surface area contributed by atoms with E-state index in [1.54, 1.807) is 28.8 Å². The van der Waals surface area contributed by atoms with Gasteiger partial charge in [0.2, 0.25) is 12.0 Å². The molecule has 0 bridgehead atoms. The second-order valence-corrected chi connectivity index (χ2v) is 23.5. The first-order valence-corrected chi connectivity index (χ1v) is 24.6. The molecule has 58 heavy (non-hydrogen) atoms. The van der Waals surface area contributed by atoms with E-state index in [1.165, 1.54) is 22.7 Å². The molecule has 1 fully saturated rings. The number of hydrogen-bond acceptors (Lipinski definition) is 11. The number of aromatic amines is 1. The van der Waals surface area contributed by atoms with Gasteiger partial charge in [0.15, 0.2) is 8.32 Å². The van der Waals surface area contributed by atoms with Gasteiger partial charge >= 0.3 is 11.7 Å². The molecular weight excluding hydrogens is 791 g/mol. The fraction of sp³-hybridized carbons (Fsp3) is 0.465. The van der Waals surface area contributed by atoms with Gasteiger partial charge in [-0.25, -0.2) is 9.59 Å². The standard InChI is InChI=1S/C43H57N5O7S2Si/c1-42(2,3)58(5,6)55-37(30-13-19-36(50)34(25-30)45-28-49)27-44-26-29-12-18-35-33(24-29)46-41(52)48(35)21-9-20-47(4)31-14-16-32(17-15-31)54-40(51)43(53,38-10-7-22-56-38)39-11-8-23-57-39/h7-8,10-13,18-19,22-25,28,31-32,37,44,50,53H,9,14-17,20-21,26-27H2,1-6H3,(H,45,49)(H,46,52)/t31?,32?,37-/m1/s1. The molecule has 3 heterocycles. The average Bonchev–Trinajstić information content (AvgIpc) is 3.98. The highest BCUT2D eigenvalue weighted by Gasteiger charge is 2.45. The Kier molecular flexibility index (Phi) is 13.8. The molecule has 15 heteroatoms. The van der Waals surface area contributed by atoms with Gasteiger partial charge in [-0.3, -0.25) is 9.36 Å². The van der Waals surface area contributed by atoms with Crippen molar-refractivity contribution >= 4 is 60.1 Å². The van der Waals surface area contributed by atoms with Gasteiger partial charge in [-0.15, -0.1) is 22.7 Å². The fourth-order valence-electron chi connectivity index (χ4n) is 7.38. The lowest BCUT2D eigenvalue weighted by Gasteiger charge is -2.39. The number of imidazole rings is 1. The molecule has 2 aromatic carbocycles. The first-order chi connectivity index (χ1) is 27.6. The molecule has 0 spiro atoms. The summed E-state index contributed by atoms with van der Waals surface area (Å²) < 4.78 is 14.6. The number of benzene rings is 2. The van der Waals surface area contributed by atoms with E-state index < -0.39 is 19.9 Å². The summed E-state index contributed by atoms with van der Waals surface area (Å²) in [6.07, 6.45) is 4.00. The quantitative estimate of drug-likeness (QED) is 0.0258. The minimum atomic E-state index is -2.19. The zero-order chi connectivity index (χ0) is 41.7. The number of H-pyrrole nitrogens is 1. The van der Waals surface area contributed by atoms with Crippen LogP contribution in [0.15, 0.2) is 76.2 Å². The number of thiophene rings is 2. The predicted molar refractivity (Wildman–Crippen MR) is 234 cm³/mol. The van der Waals surface area contributed by atoms with Crippen LogP contribution in [0.25, 0.3) is 11.0 Å². The van der Waals surface area contributed by atoms with Crippen LogP contribution in [0.4, 0.5) is 5.69 Å². The van der Waals surface area contributed by atoms with Crippen LogP contribution in [0, 0.1) is 0 Å². The number of aliphatic hydroxyl groups is 1. The Labute approximate surface area is 349 Å². The number of phenols is 1. The summed E-state index contributed by atoms with van der Waals surface area (Å²) in [5, 5.41) is 31.6. The SMILES string of the molecule is CN(CCCn1c(=O)[nH]c2cc(CNC[C@@H](O[Si](C)(C)C(C)(C)C)c3ccc(O)c(NC=O)c3)ccc21)C1CCC(OC(=O)C(O)(c2cccs2)c2cccs2)CC1. The van der Waals surface area contributed by atoms with Crippen LogP contribution in [0.5, 0.6) is 5.75 Å². The monoisotopic (exact) mass is 847 g/mol. The number of amides is 1. The molecule has 5 aromatic rings. The van der Waals surface area contributed by atoms with Crippen molar-refractivity contribution in [2.75, 3.05) is 25.5 Å². The fourth-order valence-corrected chi connectivity index (χ4v) is 10.4. The molecule has 0 radical (unpaired) electrons. The van der Waals surface area contributed by atoms with E-state index in [0.717, 1.165) is 60.8 Å². The summed E-state index contributed by atoms with van der Waals surface area (Å²) in [4.78, 5) is 44.2. The third kappa shape index (κ3) is 9.84. The maximum Gasteiger partial charge on any atom is 0.349 e. The molecule has 6 rings (SSSR count). The number of aromatic nitrogens is 2. The number of rotatable bonds is 18. The van der Waals surface area contributed by atoms with Crippen LogP contribution in [0.1, 0.15) is 79.9 Å². The van der Waals surface area contributed by atoms with E-state index in [1.807, 2.05) is 47.2 Å². The van der Waals surface area contributed by atoms with E-state index in [-0.39, 0.29) is 28.7 Å². The minimum absolute atomic E-state index is 0.00797. The number of phenolic OH excluding ortho intramolecular Hbond substituents is 1. The molecule has 312 valence electrons. The van der Waals surface area contributed by atoms with Gasteiger partial charge in [0.05, 0.1) is 32.6 Å². The van der Waals surface area contributed by atoms with Gasteiger partial charge < -0.3 is 39.9 Å². The number of fused-ring (bicyclic) bond motifs is 1. The normalized spacial score (nSPS) is 17.1. The molecule has 0 unspecified atom stereocenters. The average molecular weight is 848 g/mol. The number of esters is 1. The van der Waals surface area contributed by atoms with Crippen LogP contribution in [0.3, 0.4) is 0 Å². The van der Waals surface area contributed by atoms with Gasteiger partial charge in [-0.2, -0.15) is 0 Å². The maximum atomic E-state index is 13.4. The van der Waals surface area contributed by atoms with Gasteiger partial charge in [-0.1, -0.05) is 45.0 Å². The summed E-state index contributed by atoms with van der Waals surface area (Å²) in [5.74, 6) is -0.622. The Morgan fingerprint density at radius 3 is 2.36 bits per heavy atom. The number of aryl methyl sites for hydroxylation is 1. The van der Waals surface area contributed by atoms with Crippen LogP contribution in [0.2, 0.25) is 18.1 Å². The zero-order valence-electron chi connectivity index (χ0n) is 34.2. The van der Waals surface area contributed by atoms with Crippen molar-refractivity contribution < 1.29 is 29.0 Å². The van der Waals surface area contributed by atoms with E-state index >= 15 is 0 Å². The highest BCUT2D eigenvalue weighted by atomic mass is 32.1. The maximum absolute atomic E-state index is 13.4. The number of nitrogens with zero attached hydrogens (tertiary/aromatic N) is 2. The van der Waals surface area contributed by atoms with Crippen LogP contribution < -0.4 is 16.3 Å². The van der Waals surface area contributed by atoms with Gasteiger partial charge in [0, 0.05) is 25.7 Å². The lowest BCUT2D eigenvalue weighted by Crippen LogP contribution is -2.43. The molecule has 1 saturated carbocycles. The van der Waals surface area contributed by atoms with Gasteiger partial charge in [0.1, 0.15) is 11.9 Å². The van der Waals surface area contributed by atoms with E-state index in [0.29, 0.717) is 47.5 Å². The summed E-state index contributed by atoms with van der Waals surface area (Å²) in [6.45, 7) is 13.4. The van der Waals surface area contributed by atoms with Crippen molar-refractivity contribution in [2.24, 2.45) is 0 Å². The summed E-state index contributed by atoms with van der Waals surface area (Å²) in [5.41, 5.74) is 1.92. The predicted octanol–water partition coefficient (Wildman–Crippen LogP) is 7.69. The Morgan fingerprint density at radius 2 is 1.74 bits per heavy atom. The number of anilines is 1. The van der Waals surface area contributed by atoms with Crippen molar-refractivity contribution in [1.82, 2.24) is 19.8 Å².